The smallest absolute Gasteiger partial charge is 0.238 e. The zero-order chi connectivity index (χ0) is 16.0. The van der Waals surface area contributed by atoms with E-state index in [1.54, 1.807) is 12.1 Å². The van der Waals surface area contributed by atoms with Crippen LogP contribution in [0.2, 0.25) is 0 Å². The summed E-state index contributed by atoms with van der Waals surface area (Å²) in [5, 5.41) is 11.1. The summed E-state index contributed by atoms with van der Waals surface area (Å²) >= 11 is 0. The number of hydrogen-bond acceptors (Lipinski definition) is 5. The first-order chi connectivity index (χ1) is 10.4. The maximum Gasteiger partial charge on any atom is 0.238 e. The van der Waals surface area contributed by atoms with Crippen molar-refractivity contribution in [1.29, 1.82) is 0 Å². The van der Waals surface area contributed by atoms with Gasteiger partial charge in [0.2, 0.25) is 15.9 Å². The van der Waals surface area contributed by atoms with Gasteiger partial charge in [-0.25, -0.2) is 13.6 Å². The van der Waals surface area contributed by atoms with Crippen LogP contribution in [0.5, 0.6) is 0 Å². The molecule has 1 aliphatic rings. The summed E-state index contributed by atoms with van der Waals surface area (Å²) in [7, 11) is -3.66. The number of ether oxygens (including phenoxy) is 1. The Morgan fingerprint density at radius 2 is 2.04 bits per heavy atom. The first-order valence-corrected chi connectivity index (χ1v) is 8.69. The van der Waals surface area contributed by atoms with Crippen LogP contribution in [0.15, 0.2) is 29.2 Å². The van der Waals surface area contributed by atoms with Gasteiger partial charge < -0.3 is 15.4 Å². The zero-order valence-electron chi connectivity index (χ0n) is 12.7. The van der Waals surface area contributed by atoms with E-state index in [9.17, 15) is 13.2 Å². The zero-order valence-corrected chi connectivity index (χ0v) is 14.3. The minimum absolute atomic E-state index is 0. The average molecular weight is 364 g/mol. The van der Waals surface area contributed by atoms with Gasteiger partial charge in [-0.05, 0) is 24.1 Å². The quantitative estimate of drug-likeness (QED) is 0.648. The Bertz CT molecular complexity index is 601. The van der Waals surface area contributed by atoms with E-state index >= 15 is 0 Å². The largest absolute Gasteiger partial charge is 0.378 e. The van der Waals surface area contributed by atoms with Crippen molar-refractivity contribution in [2.75, 3.05) is 26.3 Å². The van der Waals surface area contributed by atoms with E-state index in [0.29, 0.717) is 32.6 Å². The molecule has 0 aromatic heterocycles. The van der Waals surface area contributed by atoms with Crippen LogP contribution < -0.4 is 15.8 Å². The van der Waals surface area contributed by atoms with Crippen LogP contribution in [-0.4, -0.2) is 46.7 Å². The van der Waals surface area contributed by atoms with Crippen LogP contribution in [0.4, 0.5) is 0 Å². The van der Waals surface area contributed by atoms with Crippen molar-refractivity contribution in [3.8, 4) is 0 Å². The summed E-state index contributed by atoms with van der Waals surface area (Å²) in [5.74, 6) is -0.0239. The molecule has 1 heterocycles. The molecular weight excluding hydrogens is 342 g/mol. The van der Waals surface area contributed by atoms with Crippen LogP contribution in [0, 0.1) is 0 Å². The van der Waals surface area contributed by atoms with E-state index < -0.39 is 10.0 Å². The Balaban J connectivity index is 0.00000264. The highest BCUT2D eigenvalue weighted by Crippen LogP contribution is 2.09. The predicted molar refractivity (Wildman–Crippen MR) is 89.0 cm³/mol. The van der Waals surface area contributed by atoms with Gasteiger partial charge >= 0.3 is 0 Å². The fourth-order valence-corrected chi connectivity index (χ4v) is 2.75. The highest BCUT2D eigenvalue weighted by molar-refractivity contribution is 7.89. The lowest BCUT2D eigenvalue weighted by atomic mass is 10.1. The summed E-state index contributed by atoms with van der Waals surface area (Å²) in [6, 6.07) is 6.40. The molecule has 0 bridgehead atoms. The molecule has 1 fully saturated rings. The predicted octanol–water partition coefficient (Wildman–Crippen LogP) is -0.207. The number of carbonyl (C=O) groups is 1. The molecule has 1 amide bonds. The third kappa shape index (κ3) is 6.84. The molecule has 4 N–H and O–H groups in total. The first-order valence-electron chi connectivity index (χ1n) is 7.15. The molecule has 0 spiro atoms. The standard InChI is InChI=1S/C14H21N3O4S.ClH/c15-22(19,20)13-3-1-11(2-4-13)5-6-17-14(18)9-12-10-21-8-7-16-12;/h1-4,12,16H,5-10H2,(H,17,18)(H2,15,19,20);1H. The van der Waals surface area contributed by atoms with Crippen LogP contribution in [0.25, 0.3) is 0 Å². The van der Waals surface area contributed by atoms with Gasteiger partial charge in [0.15, 0.2) is 0 Å². The van der Waals surface area contributed by atoms with Crippen molar-refractivity contribution < 1.29 is 17.9 Å². The minimum Gasteiger partial charge on any atom is -0.378 e. The van der Waals surface area contributed by atoms with E-state index in [0.717, 1.165) is 12.1 Å². The second kappa shape index (κ2) is 9.19. The van der Waals surface area contributed by atoms with E-state index in [-0.39, 0.29) is 29.3 Å². The number of benzene rings is 1. The highest BCUT2D eigenvalue weighted by Gasteiger charge is 2.16. The van der Waals surface area contributed by atoms with Crippen molar-refractivity contribution in [3.05, 3.63) is 29.8 Å². The second-order valence-corrected chi connectivity index (χ2v) is 6.78. The molecule has 2 rings (SSSR count). The fraction of sp³-hybridized carbons (Fsp3) is 0.500. The normalized spacial score (nSPS) is 18.0. The number of nitrogens with one attached hydrogen (secondary N) is 2. The molecule has 130 valence electrons. The summed E-state index contributed by atoms with van der Waals surface area (Å²) in [4.78, 5) is 11.9. The highest BCUT2D eigenvalue weighted by atomic mass is 35.5. The fourth-order valence-electron chi connectivity index (χ4n) is 2.24. The summed E-state index contributed by atoms with van der Waals surface area (Å²) in [5.41, 5.74) is 0.937. The Kier molecular flexibility index (Phi) is 7.93. The molecular formula is C14H22ClN3O4S. The molecule has 1 aromatic rings. The van der Waals surface area contributed by atoms with Crippen molar-refractivity contribution in [1.82, 2.24) is 10.6 Å². The topological polar surface area (TPSA) is 111 Å². The number of morpholine rings is 1. The SMILES string of the molecule is Cl.NS(=O)(=O)c1ccc(CCNC(=O)CC2COCCN2)cc1. The lowest BCUT2D eigenvalue weighted by molar-refractivity contribution is -0.122. The number of halogens is 1. The Hall–Kier alpha value is -1.19. The van der Waals surface area contributed by atoms with Crippen LogP contribution >= 0.6 is 12.4 Å². The third-order valence-corrected chi connectivity index (χ3v) is 4.35. The van der Waals surface area contributed by atoms with Gasteiger partial charge in [0, 0.05) is 25.6 Å². The molecule has 0 saturated carbocycles. The van der Waals surface area contributed by atoms with Gasteiger partial charge in [0.25, 0.3) is 0 Å². The molecule has 1 atom stereocenters. The van der Waals surface area contributed by atoms with Crippen LogP contribution in [0.1, 0.15) is 12.0 Å². The Morgan fingerprint density at radius 3 is 2.61 bits per heavy atom. The number of sulfonamides is 1. The number of nitrogens with two attached hydrogens (primary N) is 1. The molecule has 7 nitrogen and oxygen atoms in total. The molecule has 23 heavy (non-hydrogen) atoms. The summed E-state index contributed by atoms with van der Waals surface area (Å²) in [6.45, 7) is 2.52. The lowest BCUT2D eigenvalue weighted by Crippen LogP contribution is -2.44. The number of carbonyl (C=O) groups excluding carboxylic acids is 1. The van der Waals surface area contributed by atoms with Crippen LogP contribution in [-0.2, 0) is 26.0 Å². The van der Waals surface area contributed by atoms with Gasteiger partial charge in [-0.15, -0.1) is 12.4 Å². The summed E-state index contributed by atoms with van der Waals surface area (Å²) in [6.07, 6.45) is 1.02. The number of rotatable bonds is 6. The lowest BCUT2D eigenvalue weighted by Gasteiger charge is -2.23. The van der Waals surface area contributed by atoms with Crippen LogP contribution in [0.3, 0.4) is 0 Å². The maximum atomic E-state index is 11.8. The molecule has 1 aliphatic heterocycles. The van der Waals surface area contributed by atoms with Gasteiger partial charge in [-0.1, -0.05) is 12.1 Å². The molecule has 1 unspecified atom stereocenters. The van der Waals surface area contributed by atoms with Gasteiger partial charge in [0.05, 0.1) is 18.1 Å². The first kappa shape index (κ1) is 19.9. The summed E-state index contributed by atoms with van der Waals surface area (Å²) < 4.78 is 27.6. The molecule has 1 aromatic carbocycles. The van der Waals surface area contributed by atoms with Crippen molar-refractivity contribution in [3.63, 3.8) is 0 Å². The monoisotopic (exact) mass is 363 g/mol. The molecule has 9 heteroatoms. The molecule has 0 radical (unpaired) electrons. The Labute approximate surface area is 142 Å². The van der Waals surface area contributed by atoms with Gasteiger partial charge in [0.1, 0.15) is 0 Å². The van der Waals surface area contributed by atoms with E-state index in [1.165, 1.54) is 12.1 Å². The second-order valence-electron chi connectivity index (χ2n) is 5.22. The molecule has 1 saturated heterocycles. The number of hydrogen-bond donors (Lipinski definition) is 3. The average Bonchev–Trinajstić information content (AvgIpc) is 2.48. The number of amides is 1. The van der Waals surface area contributed by atoms with Gasteiger partial charge in [-0.2, -0.15) is 0 Å². The van der Waals surface area contributed by atoms with Gasteiger partial charge in [-0.3, -0.25) is 4.79 Å². The van der Waals surface area contributed by atoms with E-state index in [4.69, 9.17) is 9.88 Å². The van der Waals surface area contributed by atoms with Crippen molar-refractivity contribution >= 4 is 28.3 Å². The third-order valence-electron chi connectivity index (χ3n) is 3.42. The van der Waals surface area contributed by atoms with Crippen molar-refractivity contribution in [2.24, 2.45) is 5.14 Å². The van der Waals surface area contributed by atoms with E-state index in [2.05, 4.69) is 10.6 Å². The minimum atomic E-state index is -3.66. The maximum absolute atomic E-state index is 11.8. The van der Waals surface area contributed by atoms with E-state index in [1.807, 2.05) is 0 Å². The Morgan fingerprint density at radius 1 is 1.35 bits per heavy atom. The molecule has 0 aliphatic carbocycles. The van der Waals surface area contributed by atoms with Crippen molar-refractivity contribution in [2.45, 2.75) is 23.8 Å². The number of primary sulfonamides is 1.